The summed E-state index contributed by atoms with van der Waals surface area (Å²) >= 11 is 5.98. The molecule has 0 amide bonds. The molecular formula is C31H27ClFN7O2. The Morgan fingerprint density at radius 3 is 2.74 bits per heavy atom. The molecule has 42 heavy (non-hydrogen) atoms. The van der Waals surface area contributed by atoms with Gasteiger partial charge in [0.1, 0.15) is 22.9 Å². The molecular weight excluding hydrogens is 557 g/mol. The van der Waals surface area contributed by atoms with Crippen molar-refractivity contribution in [1.29, 1.82) is 0 Å². The highest BCUT2D eigenvalue weighted by molar-refractivity contribution is 6.30. The smallest absolute Gasteiger partial charge is 0.268 e. The molecule has 2 aromatic carbocycles. The molecule has 0 spiro atoms. The number of fused-ring (bicyclic) bond motifs is 1. The molecule has 1 saturated heterocycles. The van der Waals surface area contributed by atoms with E-state index in [-0.39, 0.29) is 35.5 Å². The number of nitrogens with zero attached hydrogens (tertiary/aromatic N) is 5. The van der Waals surface area contributed by atoms with E-state index in [1.54, 1.807) is 55.6 Å². The molecule has 1 aliphatic rings. The molecule has 0 saturated carbocycles. The molecule has 6 rings (SSSR count). The number of pyridine rings is 1. The maximum absolute atomic E-state index is 15.2. The first-order chi connectivity index (χ1) is 20.4. The quantitative estimate of drug-likeness (QED) is 0.283. The first-order valence-electron chi connectivity index (χ1n) is 13.5. The number of rotatable bonds is 5. The summed E-state index contributed by atoms with van der Waals surface area (Å²) in [6, 6.07) is 13.9. The standard InChI is InChI=1S/C31H27ClFN7O2/c1-19-15-34-11-12-39(19)28-10-9-25(14-26(28)33)37-31-35-16-23-13-22(6-3-21-4-7-24(32)8-5-21)30(41)40(29(23)38-31)17-27-20(2)42-18-36-27/h4-5,7-10,13-14,16,18-19,34H,11-12,15,17H2,1-2H3,(H,35,37,38). The second-order valence-electron chi connectivity index (χ2n) is 10.1. The average molecular weight is 584 g/mol. The van der Waals surface area contributed by atoms with E-state index in [9.17, 15) is 4.79 Å². The fourth-order valence-electron chi connectivity index (χ4n) is 4.90. The first kappa shape index (κ1) is 27.4. The van der Waals surface area contributed by atoms with Gasteiger partial charge in [-0.3, -0.25) is 9.36 Å². The molecule has 2 N–H and O–H groups in total. The third-order valence-electron chi connectivity index (χ3n) is 7.18. The van der Waals surface area contributed by atoms with Gasteiger partial charge in [0.15, 0.2) is 6.39 Å². The number of anilines is 3. The lowest BCUT2D eigenvalue weighted by Gasteiger charge is -2.36. The van der Waals surface area contributed by atoms with Crippen molar-refractivity contribution in [1.82, 2.24) is 24.8 Å². The van der Waals surface area contributed by atoms with Crippen LogP contribution in [0.5, 0.6) is 0 Å². The van der Waals surface area contributed by atoms with Gasteiger partial charge >= 0.3 is 0 Å². The monoisotopic (exact) mass is 583 g/mol. The van der Waals surface area contributed by atoms with E-state index >= 15 is 4.39 Å². The van der Waals surface area contributed by atoms with Gasteiger partial charge < -0.3 is 20.0 Å². The average Bonchev–Trinajstić information content (AvgIpc) is 3.39. The largest absolute Gasteiger partial charge is 0.448 e. The van der Waals surface area contributed by atoms with Crippen molar-refractivity contribution in [3.8, 4) is 11.8 Å². The van der Waals surface area contributed by atoms with Gasteiger partial charge in [0.25, 0.3) is 5.56 Å². The van der Waals surface area contributed by atoms with Crippen molar-refractivity contribution in [3.05, 3.63) is 105 Å². The summed E-state index contributed by atoms with van der Waals surface area (Å²) in [6.45, 7) is 6.30. The molecule has 5 aromatic rings. The van der Waals surface area contributed by atoms with Gasteiger partial charge in [-0.2, -0.15) is 4.98 Å². The van der Waals surface area contributed by atoms with Gasteiger partial charge in [0.2, 0.25) is 5.95 Å². The van der Waals surface area contributed by atoms with Gasteiger partial charge in [-0.25, -0.2) is 14.4 Å². The van der Waals surface area contributed by atoms with Crippen LogP contribution >= 0.6 is 11.6 Å². The third-order valence-corrected chi connectivity index (χ3v) is 7.43. The molecule has 1 fully saturated rings. The highest BCUT2D eigenvalue weighted by Gasteiger charge is 2.21. The minimum atomic E-state index is -0.337. The van der Waals surface area contributed by atoms with Gasteiger partial charge in [-0.15, -0.1) is 0 Å². The fraction of sp³-hybridized carbons (Fsp3) is 0.226. The second kappa shape index (κ2) is 11.6. The van der Waals surface area contributed by atoms with Crippen LogP contribution < -0.4 is 21.1 Å². The van der Waals surface area contributed by atoms with E-state index in [1.807, 2.05) is 0 Å². The van der Waals surface area contributed by atoms with Crippen LogP contribution in [-0.4, -0.2) is 45.2 Å². The van der Waals surface area contributed by atoms with Crippen LogP contribution in [0.25, 0.3) is 11.0 Å². The predicted octanol–water partition coefficient (Wildman–Crippen LogP) is 4.87. The maximum Gasteiger partial charge on any atom is 0.268 e. The van der Waals surface area contributed by atoms with E-state index in [4.69, 9.17) is 16.0 Å². The molecule has 4 heterocycles. The Balaban J connectivity index is 1.36. The number of halogens is 2. The van der Waals surface area contributed by atoms with Crippen molar-refractivity contribution >= 4 is 40.0 Å². The van der Waals surface area contributed by atoms with Gasteiger partial charge in [-0.05, 0) is 62.4 Å². The Labute approximate surface area is 246 Å². The highest BCUT2D eigenvalue weighted by atomic mass is 35.5. The number of aryl methyl sites for hydroxylation is 1. The molecule has 1 unspecified atom stereocenters. The minimum Gasteiger partial charge on any atom is -0.448 e. The topological polar surface area (TPSA) is 101 Å². The van der Waals surface area contributed by atoms with Gasteiger partial charge in [0.05, 0.1) is 17.8 Å². The third kappa shape index (κ3) is 5.70. The summed E-state index contributed by atoms with van der Waals surface area (Å²) in [5.74, 6) is 6.47. The first-order valence-corrected chi connectivity index (χ1v) is 13.8. The summed E-state index contributed by atoms with van der Waals surface area (Å²) in [7, 11) is 0. The number of piperazine rings is 1. The van der Waals surface area contributed by atoms with Crippen LogP contribution in [0.3, 0.4) is 0 Å². The molecule has 212 valence electrons. The number of oxazole rings is 1. The lowest BCUT2D eigenvalue weighted by atomic mass is 10.1. The zero-order chi connectivity index (χ0) is 29.2. The Hall–Kier alpha value is -4.72. The maximum atomic E-state index is 15.2. The lowest BCUT2D eigenvalue weighted by molar-refractivity contribution is 0.491. The van der Waals surface area contributed by atoms with Crippen LogP contribution in [0.2, 0.25) is 5.02 Å². The molecule has 9 nitrogen and oxygen atoms in total. The summed E-state index contributed by atoms with van der Waals surface area (Å²) < 4.78 is 22.0. The zero-order valence-electron chi connectivity index (χ0n) is 23.0. The molecule has 0 bridgehead atoms. The number of aromatic nitrogens is 4. The molecule has 0 aliphatic carbocycles. The van der Waals surface area contributed by atoms with Crippen molar-refractivity contribution in [2.45, 2.75) is 26.4 Å². The van der Waals surface area contributed by atoms with Crippen molar-refractivity contribution in [2.75, 3.05) is 29.9 Å². The lowest BCUT2D eigenvalue weighted by Crippen LogP contribution is -2.50. The Morgan fingerprint density at radius 2 is 2.00 bits per heavy atom. The normalized spacial score (nSPS) is 15.0. The van der Waals surface area contributed by atoms with Crippen molar-refractivity contribution < 1.29 is 8.81 Å². The molecule has 3 aromatic heterocycles. The Bertz CT molecular complexity index is 1890. The summed E-state index contributed by atoms with van der Waals surface area (Å²) in [5.41, 5.74) is 2.68. The second-order valence-corrected chi connectivity index (χ2v) is 10.5. The van der Waals surface area contributed by atoms with E-state index in [0.29, 0.717) is 38.9 Å². The van der Waals surface area contributed by atoms with E-state index in [1.165, 1.54) is 17.0 Å². The summed E-state index contributed by atoms with van der Waals surface area (Å²) in [4.78, 5) is 29.1. The Morgan fingerprint density at radius 1 is 1.17 bits per heavy atom. The predicted molar refractivity (Wildman–Crippen MR) is 161 cm³/mol. The molecule has 11 heteroatoms. The van der Waals surface area contributed by atoms with E-state index in [0.717, 1.165) is 25.2 Å². The van der Waals surface area contributed by atoms with Gasteiger partial charge in [-0.1, -0.05) is 23.4 Å². The van der Waals surface area contributed by atoms with E-state index < -0.39 is 0 Å². The van der Waals surface area contributed by atoms with Crippen LogP contribution in [-0.2, 0) is 6.54 Å². The van der Waals surface area contributed by atoms with Crippen LogP contribution in [0, 0.1) is 24.6 Å². The fourth-order valence-corrected chi connectivity index (χ4v) is 5.03. The molecule has 1 atom stereocenters. The number of hydrogen-bond donors (Lipinski definition) is 2. The zero-order valence-corrected chi connectivity index (χ0v) is 23.7. The number of benzene rings is 2. The summed E-state index contributed by atoms with van der Waals surface area (Å²) in [5, 5.41) is 7.61. The number of hydrogen-bond acceptors (Lipinski definition) is 8. The highest BCUT2D eigenvalue weighted by Crippen LogP contribution is 2.27. The van der Waals surface area contributed by atoms with Gasteiger partial charge in [0, 0.05) is 53.5 Å². The molecule has 1 aliphatic heterocycles. The van der Waals surface area contributed by atoms with E-state index in [2.05, 4.69) is 49.3 Å². The molecule has 0 radical (unpaired) electrons. The van der Waals surface area contributed by atoms with Crippen LogP contribution in [0.4, 0.5) is 21.7 Å². The van der Waals surface area contributed by atoms with Crippen LogP contribution in [0.15, 0.2) is 70.3 Å². The SMILES string of the molecule is Cc1ocnc1Cn1c(=O)c(C#Cc2ccc(Cl)cc2)cc2cnc(Nc3ccc(N4CCNCC4C)c(F)c3)nc21. The van der Waals surface area contributed by atoms with Crippen molar-refractivity contribution in [2.24, 2.45) is 0 Å². The van der Waals surface area contributed by atoms with Crippen LogP contribution in [0.1, 0.15) is 29.5 Å². The Kier molecular flexibility index (Phi) is 7.61. The summed E-state index contributed by atoms with van der Waals surface area (Å²) in [6.07, 6.45) is 2.94. The number of nitrogens with one attached hydrogen (secondary N) is 2. The minimum absolute atomic E-state index is 0.122. The van der Waals surface area contributed by atoms with Crippen molar-refractivity contribution in [3.63, 3.8) is 0 Å².